The molecular weight excluding hydrogens is 208 g/mol. The van der Waals surface area contributed by atoms with E-state index in [2.05, 4.69) is 55.4 Å². The third-order valence-corrected chi connectivity index (χ3v) is 3.65. The highest BCUT2D eigenvalue weighted by molar-refractivity contribution is 5.21. The molecule has 1 aliphatic rings. The predicted octanol–water partition coefficient (Wildman–Crippen LogP) is 2.57. The Morgan fingerprint density at radius 1 is 1.29 bits per heavy atom. The highest BCUT2D eigenvalue weighted by atomic mass is 15.1. The van der Waals surface area contributed by atoms with Crippen molar-refractivity contribution in [2.45, 2.75) is 38.8 Å². The van der Waals surface area contributed by atoms with Crippen LogP contribution in [0.2, 0.25) is 0 Å². The smallest absolute Gasteiger partial charge is 0.0280 e. The van der Waals surface area contributed by atoms with Crippen LogP contribution in [0, 0.1) is 6.92 Å². The number of benzene rings is 1. The first kappa shape index (κ1) is 12.6. The second-order valence-electron chi connectivity index (χ2n) is 5.75. The molecule has 1 N–H and O–H groups in total. The van der Waals surface area contributed by atoms with Crippen molar-refractivity contribution >= 4 is 0 Å². The fraction of sp³-hybridized carbons (Fsp3) is 0.600. The minimum Gasteiger partial charge on any atom is -0.310 e. The average molecular weight is 232 g/mol. The van der Waals surface area contributed by atoms with Crippen molar-refractivity contribution in [3.63, 3.8) is 0 Å². The van der Waals surface area contributed by atoms with Gasteiger partial charge in [0.2, 0.25) is 0 Å². The summed E-state index contributed by atoms with van der Waals surface area (Å²) in [5.41, 5.74) is 3.06. The molecular formula is C15H24N2. The van der Waals surface area contributed by atoms with Gasteiger partial charge in [-0.25, -0.2) is 0 Å². The number of nitrogens with one attached hydrogen (secondary N) is 1. The van der Waals surface area contributed by atoms with Crippen molar-refractivity contribution < 1.29 is 0 Å². The predicted molar refractivity (Wildman–Crippen MR) is 73.2 cm³/mol. The Kier molecular flexibility index (Phi) is 3.85. The minimum atomic E-state index is 0.319. The van der Waals surface area contributed by atoms with Crippen LogP contribution in [0.3, 0.4) is 0 Å². The Morgan fingerprint density at radius 3 is 2.59 bits per heavy atom. The fourth-order valence-corrected chi connectivity index (χ4v) is 2.75. The van der Waals surface area contributed by atoms with Crippen LogP contribution in [0.15, 0.2) is 24.3 Å². The maximum absolute atomic E-state index is 3.62. The van der Waals surface area contributed by atoms with Gasteiger partial charge in [0.15, 0.2) is 0 Å². The summed E-state index contributed by atoms with van der Waals surface area (Å²) < 4.78 is 0. The van der Waals surface area contributed by atoms with Gasteiger partial charge in [0.1, 0.15) is 0 Å². The average Bonchev–Trinajstić information content (AvgIpc) is 2.68. The topological polar surface area (TPSA) is 15.3 Å². The molecule has 0 saturated carbocycles. The molecule has 1 atom stereocenters. The van der Waals surface area contributed by atoms with Crippen molar-refractivity contribution in [3.05, 3.63) is 35.4 Å². The highest BCUT2D eigenvalue weighted by Crippen LogP contribution is 2.20. The molecule has 1 unspecified atom stereocenters. The highest BCUT2D eigenvalue weighted by Gasteiger charge is 2.28. The summed E-state index contributed by atoms with van der Waals surface area (Å²) >= 11 is 0. The van der Waals surface area contributed by atoms with E-state index < -0.39 is 0 Å². The van der Waals surface area contributed by atoms with Gasteiger partial charge in [0, 0.05) is 18.6 Å². The van der Waals surface area contributed by atoms with Crippen molar-refractivity contribution in [2.24, 2.45) is 0 Å². The van der Waals surface area contributed by atoms with Crippen LogP contribution in [-0.4, -0.2) is 30.6 Å². The summed E-state index contributed by atoms with van der Waals surface area (Å²) in [7, 11) is 2.21. The van der Waals surface area contributed by atoms with Gasteiger partial charge in [0.05, 0.1) is 0 Å². The van der Waals surface area contributed by atoms with Crippen LogP contribution in [0.5, 0.6) is 0 Å². The van der Waals surface area contributed by atoms with Crippen molar-refractivity contribution in [3.8, 4) is 0 Å². The lowest BCUT2D eigenvalue weighted by Gasteiger charge is -2.30. The van der Waals surface area contributed by atoms with Gasteiger partial charge < -0.3 is 10.2 Å². The molecule has 2 nitrogen and oxygen atoms in total. The SMILES string of the molecule is Cc1ccc(CN(C)CC2(C)CCCN2)cc1. The third kappa shape index (κ3) is 3.55. The van der Waals surface area contributed by atoms with Crippen LogP contribution in [0.1, 0.15) is 30.9 Å². The number of aryl methyl sites for hydroxylation is 1. The van der Waals surface area contributed by atoms with Gasteiger partial charge in [-0.15, -0.1) is 0 Å². The number of nitrogens with zero attached hydrogens (tertiary/aromatic N) is 1. The molecule has 1 heterocycles. The van der Waals surface area contributed by atoms with Gasteiger partial charge in [0.25, 0.3) is 0 Å². The number of hydrogen-bond donors (Lipinski definition) is 1. The molecule has 1 aromatic rings. The standard InChI is InChI=1S/C15H24N2/c1-13-5-7-14(8-6-13)11-17(3)12-15(2)9-4-10-16-15/h5-8,16H,4,9-12H2,1-3H3. The Labute approximate surface area is 105 Å². The molecule has 1 aromatic carbocycles. The zero-order valence-electron chi connectivity index (χ0n) is 11.3. The zero-order chi connectivity index (χ0) is 12.3. The Balaban J connectivity index is 1.88. The summed E-state index contributed by atoms with van der Waals surface area (Å²) in [6.07, 6.45) is 2.61. The van der Waals surface area contributed by atoms with Crippen LogP contribution in [0.25, 0.3) is 0 Å². The molecule has 0 spiro atoms. The molecule has 2 heteroatoms. The zero-order valence-corrected chi connectivity index (χ0v) is 11.3. The molecule has 0 bridgehead atoms. The van der Waals surface area contributed by atoms with Crippen LogP contribution in [-0.2, 0) is 6.54 Å². The van der Waals surface area contributed by atoms with Gasteiger partial charge in [-0.1, -0.05) is 29.8 Å². The maximum atomic E-state index is 3.62. The Hall–Kier alpha value is -0.860. The van der Waals surface area contributed by atoms with E-state index in [4.69, 9.17) is 0 Å². The molecule has 1 fully saturated rings. The van der Waals surface area contributed by atoms with Crippen LogP contribution >= 0.6 is 0 Å². The monoisotopic (exact) mass is 232 g/mol. The molecule has 1 aliphatic heterocycles. The van der Waals surface area contributed by atoms with Gasteiger partial charge in [-0.2, -0.15) is 0 Å². The summed E-state index contributed by atoms with van der Waals surface area (Å²) in [6.45, 7) is 7.82. The van der Waals surface area contributed by atoms with E-state index in [1.807, 2.05) is 0 Å². The first-order valence-electron chi connectivity index (χ1n) is 6.57. The maximum Gasteiger partial charge on any atom is 0.0280 e. The summed E-state index contributed by atoms with van der Waals surface area (Å²) in [4.78, 5) is 2.42. The lowest BCUT2D eigenvalue weighted by atomic mass is 9.99. The van der Waals surface area contributed by atoms with Crippen molar-refractivity contribution in [2.75, 3.05) is 20.1 Å². The van der Waals surface area contributed by atoms with Gasteiger partial charge >= 0.3 is 0 Å². The molecule has 0 aromatic heterocycles. The van der Waals surface area contributed by atoms with Crippen LogP contribution < -0.4 is 5.32 Å². The first-order chi connectivity index (χ1) is 8.07. The summed E-state index contributed by atoms with van der Waals surface area (Å²) in [5.74, 6) is 0. The molecule has 0 amide bonds. The molecule has 0 radical (unpaired) electrons. The molecule has 0 aliphatic carbocycles. The normalized spacial score (nSPS) is 24.5. The lowest BCUT2D eigenvalue weighted by molar-refractivity contribution is 0.234. The lowest BCUT2D eigenvalue weighted by Crippen LogP contribution is -2.46. The molecule has 17 heavy (non-hydrogen) atoms. The Bertz CT molecular complexity index is 350. The van der Waals surface area contributed by atoms with Crippen molar-refractivity contribution in [1.29, 1.82) is 0 Å². The fourth-order valence-electron chi connectivity index (χ4n) is 2.75. The van der Waals surface area contributed by atoms with Gasteiger partial charge in [-0.05, 0) is 45.8 Å². The van der Waals surface area contributed by atoms with E-state index in [0.717, 1.165) is 13.1 Å². The van der Waals surface area contributed by atoms with E-state index in [9.17, 15) is 0 Å². The molecule has 2 rings (SSSR count). The van der Waals surface area contributed by atoms with E-state index in [-0.39, 0.29) is 0 Å². The largest absolute Gasteiger partial charge is 0.310 e. The third-order valence-electron chi connectivity index (χ3n) is 3.65. The van der Waals surface area contributed by atoms with E-state index in [1.165, 1.54) is 30.5 Å². The summed E-state index contributed by atoms with van der Waals surface area (Å²) in [6, 6.07) is 8.85. The minimum absolute atomic E-state index is 0.319. The van der Waals surface area contributed by atoms with E-state index in [0.29, 0.717) is 5.54 Å². The summed E-state index contributed by atoms with van der Waals surface area (Å²) in [5, 5.41) is 3.62. The number of rotatable bonds is 4. The first-order valence-corrected chi connectivity index (χ1v) is 6.57. The second kappa shape index (κ2) is 5.19. The molecule has 1 saturated heterocycles. The number of likely N-dealkylation sites (N-methyl/N-ethyl adjacent to an activating group) is 1. The van der Waals surface area contributed by atoms with E-state index in [1.54, 1.807) is 0 Å². The van der Waals surface area contributed by atoms with Crippen molar-refractivity contribution in [1.82, 2.24) is 10.2 Å². The van der Waals surface area contributed by atoms with E-state index >= 15 is 0 Å². The van der Waals surface area contributed by atoms with Crippen LogP contribution in [0.4, 0.5) is 0 Å². The number of hydrogen-bond acceptors (Lipinski definition) is 2. The second-order valence-corrected chi connectivity index (χ2v) is 5.75. The Morgan fingerprint density at radius 2 is 2.00 bits per heavy atom. The molecule has 94 valence electrons. The van der Waals surface area contributed by atoms with Gasteiger partial charge in [-0.3, -0.25) is 0 Å². The quantitative estimate of drug-likeness (QED) is 0.858.